The molecule has 8 heteroatoms. The molecule has 2 aliphatic carbocycles. The zero-order valence-corrected chi connectivity index (χ0v) is 15.6. The number of Topliss-reactive ketones (excluding diaryl/α,β-unsaturated/α-hetero) is 1. The van der Waals surface area contributed by atoms with Crippen LogP contribution in [0.2, 0.25) is 0 Å². The Balaban J connectivity index is 2.20. The van der Waals surface area contributed by atoms with E-state index in [1.807, 2.05) is 6.92 Å². The molecule has 156 valence electrons. The largest absolute Gasteiger partial charge is 0.426 e. The minimum Gasteiger partial charge on any atom is -0.373 e. The summed E-state index contributed by atoms with van der Waals surface area (Å²) in [4.78, 5) is 12.2. The quantitative estimate of drug-likeness (QED) is 0.503. The molecule has 2 aliphatic rings. The van der Waals surface area contributed by atoms with E-state index in [1.54, 1.807) is 6.92 Å². The summed E-state index contributed by atoms with van der Waals surface area (Å²) in [7, 11) is 0. The maximum atomic E-state index is 13.0. The highest BCUT2D eigenvalue weighted by Gasteiger charge is 2.72. The average molecular weight is 400 g/mol. The lowest BCUT2D eigenvalue weighted by Crippen LogP contribution is -2.60. The third-order valence-corrected chi connectivity index (χ3v) is 6.80. The Bertz CT molecular complexity index is 580. The second-order valence-electron chi connectivity index (χ2n) is 8.36. The van der Waals surface area contributed by atoms with Crippen LogP contribution in [0.25, 0.3) is 0 Å². The van der Waals surface area contributed by atoms with Crippen molar-refractivity contribution in [3.05, 3.63) is 12.2 Å². The molecule has 0 aromatic heterocycles. The smallest absolute Gasteiger partial charge is 0.373 e. The molecule has 0 spiro atoms. The van der Waals surface area contributed by atoms with Crippen LogP contribution in [0, 0.1) is 29.1 Å². The zero-order valence-electron chi connectivity index (χ0n) is 15.6. The second-order valence-corrected chi connectivity index (χ2v) is 8.36. The highest BCUT2D eigenvalue weighted by atomic mass is 19.4. The van der Waals surface area contributed by atoms with Crippen molar-refractivity contribution in [3.63, 3.8) is 0 Å². The maximum Gasteiger partial charge on any atom is 0.426 e. The highest BCUT2D eigenvalue weighted by molar-refractivity contribution is 5.83. The van der Waals surface area contributed by atoms with Gasteiger partial charge in [0.2, 0.25) is 0 Å². The monoisotopic (exact) mass is 400 g/mol. The van der Waals surface area contributed by atoms with Gasteiger partial charge in [-0.1, -0.05) is 32.9 Å². The Kier molecular flexibility index (Phi) is 5.83. The third-order valence-electron chi connectivity index (χ3n) is 6.80. The first-order chi connectivity index (χ1) is 12.2. The summed E-state index contributed by atoms with van der Waals surface area (Å²) in [5.74, 6) is -2.33. The van der Waals surface area contributed by atoms with Gasteiger partial charge in [-0.05, 0) is 42.9 Å². The molecule has 0 heterocycles. The van der Waals surface area contributed by atoms with Crippen LogP contribution in [0.5, 0.6) is 0 Å². The first-order valence-electron chi connectivity index (χ1n) is 9.23. The molecule has 0 amide bonds. The van der Waals surface area contributed by atoms with Crippen LogP contribution in [0.15, 0.2) is 12.2 Å². The van der Waals surface area contributed by atoms with E-state index >= 15 is 0 Å². The standard InChI is InChI=1S/C19H26F6O2/c1-11(13-8-9-14-15(26)5-4-10-16(13,14)3)6-7-12(2)17(27,18(20,21)22)19(23,24)25/h6-7,11-14,27H,4-5,8-10H2,1-3H3/b7-6+/t11-,12-,13-,14+,16-/m1/s1. The van der Waals surface area contributed by atoms with E-state index in [-0.39, 0.29) is 29.0 Å². The predicted octanol–water partition coefficient (Wildman–Crippen LogP) is 5.46. The van der Waals surface area contributed by atoms with E-state index in [9.17, 15) is 36.2 Å². The van der Waals surface area contributed by atoms with Crippen LogP contribution < -0.4 is 0 Å². The fraction of sp³-hybridized carbons (Fsp3) is 0.842. The van der Waals surface area contributed by atoms with Gasteiger partial charge in [-0.3, -0.25) is 4.79 Å². The summed E-state index contributed by atoms with van der Waals surface area (Å²) in [6.45, 7) is 4.47. The fourth-order valence-electron chi connectivity index (χ4n) is 5.13. The number of fused-ring (bicyclic) bond motifs is 1. The SMILES string of the molecule is C[C@H](/C=C/[C@@H](C)C(O)(C(F)(F)F)C(F)(F)F)[C@H]1CC[C@H]2C(=O)CCC[C@]12C. The van der Waals surface area contributed by atoms with Gasteiger partial charge in [-0.15, -0.1) is 0 Å². The van der Waals surface area contributed by atoms with Crippen molar-refractivity contribution in [1.82, 2.24) is 0 Å². The van der Waals surface area contributed by atoms with E-state index in [0.717, 1.165) is 25.3 Å². The first-order valence-corrected chi connectivity index (χ1v) is 9.23. The van der Waals surface area contributed by atoms with Gasteiger partial charge in [-0.2, -0.15) is 26.3 Å². The average Bonchev–Trinajstić information content (AvgIpc) is 2.87. The molecule has 0 bridgehead atoms. The molecular weight excluding hydrogens is 374 g/mol. The number of carbonyl (C=O) groups excluding carboxylic acids is 1. The molecule has 2 saturated carbocycles. The van der Waals surface area contributed by atoms with Crippen LogP contribution in [0.4, 0.5) is 26.3 Å². The molecule has 0 radical (unpaired) electrons. The number of carbonyl (C=O) groups is 1. The summed E-state index contributed by atoms with van der Waals surface area (Å²) in [6.07, 6.45) is -5.96. The van der Waals surface area contributed by atoms with Crippen molar-refractivity contribution in [2.45, 2.75) is 70.8 Å². The van der Waals surface area contributed by atoms with E-state index in [4.69, 9.17) is 0 Å². The van der Waals surface area contributed by atoms with Gasteiger partial charge in [0.25, 0.3) is 5.60 Å². The van der Waals surface area contributed by atoms with Gasteiger partial charge in [0, 0.05) is 18.3 Å². The number of allylic oxidation sites excluding steroid dienone is 1. The number of halogens is 6. The van der Waals surface area contributed by atoms with Gasteiger partial charge in [0.1, 0.15) is 5.78 Å². The van der Waals surface area contributed by atoms with E-state index in [1.165, 1.54) is 6.08 Å². The van der Waals surface area contributed by atoms with Gasteiger partial charge in [-0.25, -0.2) is 0 Å². The van der Waals surface area contributed by atoms with Crippen molar-refractivity contribution in [1.29, 1.82) is 0 Å². The number of ketones is 1. The summed E-state index contributed by atoms with van der Waals surface area (Å²) < 4.78 is 77.8. The van der Waals surface area contributed by atoms with E-state index < -0.39 is 23.9 Å². The molecular formula is C19H26F6O2. The third kappa shape index (κ3) is 3.66. The molecule has 2 rings (SSSR count). The Morgan fingerprint density at radius 1 is 1.07 bits per heavy atom. The maximum absolute atomic E-state index is 13.0. The van der Waals surface area contributed by atoms with Crippen LogP contribution in [-0.4, -0.2) is 28.8 Å². The molecule has 27 heavy (non-hydrogen) atoms. The summed E-state index contributed by atoms with van der Waals surface area (Å²) in [5, 5.41) is 9.46. The minimum atomic E-state index is -5.83. The molecule has 0 unspecified atom stereocenters. The van der Waals surface area contributed by atoms with Gasteiger partial charge in [0.15, 0.2) is 0 Å². The van der Waals surface area contributed by atoms with Crippen LogP contribution in [0.1, 0.15) is 52.9 Å². The first kappa shape index (κ1) is 22.2. The van der Waals surface area contributed by atoms with Crippen LogP contribution in [0.3, 0.4) is 0 Å². The lowest BCUT2D eigenvalue weighted by molar-refractivity contribution is -0.378. The van der Waals surface area contributed by atoms with Crippen molar-refractivity contribution in [2.75, 3.05) is 0 Å². The van der Waals surface area contributed by atoms with Crippen LogP contribution in [-0.2, 0) is 4.79 Å². The number of hydrogen-bond acceptors (Lipinski definition) is 2. The minimum absolute atomic E-state index is 0.0140. The second kappa shape index (κ2) is 7.08. The Morgan fingerprint density at radius 3 is 2.15 bits per heavy atom. The van der Waals surface area contributed by atoms with Crippen molar-refractivity contribution >= 4 is 5.78 Å². The van der Waals surface area contributed by atoms with E-state index in [2.05, 4.69) is 0 Å². The fourth-order valence-corrected chi connectivity index (χ4v) is 5.13. The predicted molar refractivity (Wildman–Crippen MR) is 87.7 cm³/mol. The summed E-state index contributed by atoms with van der Waals surface area (Å²) in [5.41, 5.74) is -5.06. The van der Waals surface area contributed by atoms with Crippen LogP contribution >= 0.6 is 0 Å². The number of alkyl halides is 6. The number of hydrogen-bond donors (Lipinski definition) is 1. The van der Waals surface area contributed by atoms with Crippen molar-refractivity contribution < 1.29 is 36.2 Å². The molecule has 0 aromatic carbocycles. The molecule has 2 nitrogen and oxygen atoms in total. The van der Waals surface area contributed by atoms with Gasteiger partial charge < -0.3 is 5.11 Å². The molecule has 0 aromatic rings. The zero-order chi connectivity index (χ0) is 20.8. The van der Waals surface area contributed by atoms with Crippen molar-refractivity contribution in [2.24, 2.45) is 29.1 Å². The molecule has 2 fully saturated rings. The molecule has 0 aliphatic heterocycles. The molecule has 0 saturated heterocycles. The normalized spacial score (nSPS) is 32.6. The number of rotatable bonds is 4. The highest BCUT2D eigenvalue weighted by Crippen LogP contribution is 2.57. The Morgan fingerprint density at radius 2 is 1.63 bits per heavy atom. The molecule has 5 atom stereocenters. The van der Waals surface area contributed by atoms with Gasteiger partial charge >= 0.3 is 12.4 Å². The lowest BCUT2D eigenvalue weighted by atomic mass is 9.62. The lowest BCUT2D eigenvalue weighted by Gasteiger charge is -2.42. The van der Waals surface area contributed by atoms with Crippen molar-refractivity contribution in [3.8, 4) is 0 Å². The summed E-state index contributed by atoms with van der Waals surface area (Å²) >= 11 is 0. The molecule has 1 N–H and O–H groups in total. The van der Waals surface area contributed by atoms with Gasteiger partial charge in [0.05, 0.1) is 0 Å². The van der Waals surface area contributed by atoms with E-state index in [0.29, 0.717) is 19.8 Å². The Labute approximate surface area is 155 Å². The summed E-state index contributed by atoms with van der Waals surface area (Å²) in [6, 6.07) is 0. The topological polar surface area (TPSA) is 37.3 Å². The number of aliphatic hydroxyl groups is 1. The Hall–Kier alpha value is -1.05.